The first-order chi connectivity index (χ1) is 9.17. The van der Waals surface area contributed by atoms with Crippen LogP contribution in [0.5, 0.6) is 11.5 Å². The van der Waals surface area contributed by atoms with Gasteiger partial charge in [-0.1, -0.05) is 11.6 Å². The van der Waals surface area contributed by atoms with Crippen LogP contribution in [0.25, 0.3) is 0 Å². The van der Waals surface area contributed by atoms with Gasteiger partial charge in [0.1, 0.15) is 17.2 Å². The number of nitrogens with zero attached hydrogens (tertiary/aromatic N) is 1. The molecule has 2 N–H and O–H groups in total. The molecular weight excluding hydrogens is 264 g/mol. The second-order valence-corrected chi connectivity index (χ2v) is 4.39. The highest BCUT2D eigenvalue weighted by atomic mass is 35.5. The van der Waals surface area contributed by atoms with Crippen molar-refractivity contribution < 1.29 is 9.47 Å². The van der Waals surface area contributed by atoms with Gasteiger partial charge in [0.2, 0.25) is 0 Å². The molecule has 2 aromatic rings. The molecule has 0 aliphatic rings. The Morgan fingerprint density at radius 2 is 1.89 bits per heavy atom. The quantitative estimate of drug-likeness (QED) is 0.934. The van der Waals surface area contributed by atoms with E-state index in [1.54, 1.807) is 44.7 Å². The minimum Gasteiger partial charge on any atom is -0.496 e. The van der Waals surface area contributed by atoms with Crippen LogP contribution in [0.4, 0.5) is 0 Å². The number of hydrogen-bond acceptors (Lipinski definition) is 4. The van der Waals surface area contributed by atoms with Crippen LogP contribution >= 0.6 is 11.6 Å². The van der Waals surface area contributed by atoms with Gasteiger partial charge in [-0.3, -0.25) is 4.98 Å². The van der Waals surface area contributed by atoms with Crippen molar-refractivity contribution in [2.24, 2.45) is 5.73 Å². The number of pyridine rings is 1. The van der Waals surface area contributed by atoms with E-state index in [1.165, 1.54) is 0 Å². The molecule has 1 unspecified atom stereocenters. The summed E-state index contributed by atoms with van der Waals surface area (Å²) in [5.41, 5.74) is 7.67. The standard InChI is InChI=1S/C14H15ClN2O2/c1-18-11-6-5-9(15)8-10(11)13(16)14-12(19-2)4-3-7-17-14/h3-8,13H,16H2,1-2H3. The molecular formula is C14H15ClN2O2. The Bertz CT molecular complexity index is 575. The Hall–Kier alpha value is -1.78. The first kappa shape index (κ1) is 13.6. The summed E-state index contributed by atoms with van der Waals surface area (Å²) >= 11 is 6.02. The zero-order valence-electron chi connectivity index (χ0n) is 10.8. The number of methoxy groups -OCH3 is 2. The van der Waals surface area contributed by atoms with Crippen LogP contribution in [0.15, 0.2) is 36.5 Å². The average Bonchev–Trinajstić information content (AvgIpc) is 2.46. The molecule has 5 heteroatoms. The lowest BCUT2D eigenvalue weighted by Crippen LogP contribution is -2.15. The molecule has 0 saturated carbocycles. The van der Waals surface area contributed by atoms with Crippen LogP contribution in [-0.2, 0) is 0 Å². The maximum atomic E-state index is 6.26. The molecule has 0 saturated heterocycles. The van der Waals surface area contributed by atoms with Gasteiger partial charge in [-0.2, -0.15) is 0 Å². The number of hydrogen-bond donors (Lipinski definition) is 1. The molecule has 4 nitrogen and oxygen atoms in total. The van der Waals surface area contributed by atoms with Crippen molar-refractivity contribution in [3.05, 3.63) is 52.8 Å². The van der Waals surface area contributed by atoms with Gasteiger partial charge in [0, 0.05) is 16.8 Å². The zero-order chi connectivity index (χ0) is 13.8. The van der Waals surface area contributed by atoms with Crippen molar-refractivity contribution >= 4 is 11.6 Å². The number of rotatable bonds is 4. The molecule has 0 fully saturated rings. The highest BCUT2D eigenvalue weighted by Crippen LogP contribution is 2.33. The van der Waals surface area contributed by atoms with Crippen LogP contribution in [0.2, 0.25) is 5.02 Å². The molecule has 0 amide bonds. The Balaban J connectivity index is 2.49. The topological polar surface area (TPSA) is 57.4 Å². The molecule has 1 aromatic heterocycles. The summed E-state index contributed by atoms with van der Waals surface area (Å²) in [6.45, 7) is 0. The number of nitrogens with two attached hydrogens (primary N) is 1. The summed E-state index contributed by atoms with van der Waals surface area (Å²) in [6, 6.07) is 8.46. The number of benzene rings is 1. The van der Waals surface area contributed by atoms with E-state index in [4.69, 9.17) is 26.8 Å². The third kappa shape index (κ3) is 2.80. The third-order valence-electron chi connectivity index (χ3n) is 2.84. The molecule has 19 heavy (non-hydrogen) atoms. The van der Waals surface area contributed by atoms with E-state index in [0.29, 0.717) is 22.2 Å². The lowest BCUT2D eigenvalue weighted by Gasteiger charge is -2.17. The monoisotopic (exact) mass is 278 g/mol. The highest BCUT2D eigenvalue weighted by Gasteiger charge is 2.19. The van der Waals surface area contributed by atoms with E-state index in [2.05, 4.69) is 4.98 Å². The Labute approximate surface area is 117 Å². The Morgan fingerprint density at radius 3 is 2.58 bits per heavy atom. The van der Waals surface area contributed by atoms with Crippen LogP contribution in [-0.4, -0.2) is 19.2 Å². The van der Waals surface area contributed by atoms with Crippen LogP contribution in [0, 0.1) is 0 Å². The normalized spacial score (nSPS) is 12.0. The van der Waals surface area contributed by atoms with Gasteiger partial charge in [0.15, 0.2) is 0 Å². The Morgan fingerprint density at radius 1 is 1.16 bits per heavy atom. The number of aromatic nitrogens is 1. The fourth-order valence-corrected chi connectivity index (χ4v) is 2.09. The largest absolute Gasteiger partial charge is 0.496 e. The van der Waals surface area contributed by atoms with E-state index in [1.807, 2.05) is 6.07 Å². The molecule has 100 valence electrons. The van der Waals surface area contributed by atoms with Crippen LogP contribution < -0.4 is 15.2 Å². The van der Waals surface area contributed by atoms with E-state index in [0.717, 1.165) is 5.56 Å². The average molecular weight is 279 g/mol. The Kier molecular flexibility index (Phi) is 4.24. The van der Waals surface area contributed by atoms with Gasteiger partial charge in [-0.25, -0.2) is 0 Å². The predicted molar refractivity (Wildman–Crippen MR) is 74.8 cm³/mol. The van der Waals surface area contributed by atoms with Gasteiger partial charge in [0.25, 0.3) is 0 Å². The summed E-state index contributed by atoms with van der Waals surface area (Å²) in [6.07, 6.45) is 1.68. The third-order valence-corrected chi connectivity index (χ3v) is 3.08. The van der Waals surface area contributed by atoms with E-state index in [-0.39, 0.29) is 0 Å². The van der Waals surface area contributed by atoms with Gasteiger partial charge in [-0.15, -0.1) is 0 Å². The maximum Gasteiger partial charge on any atom is 0.142 e. The fraction of sp³-hybridized carbons (Fsp3) is 0.214. The minimum atomic E-state index is -0.468. The first-order valence-corrected chi connectivity index (χ1v) is 6.13. The van der Waals surface area contributed by atoms with E-state index >= 15 is 0 Å². The van der Waals surface area contributed by atoms with Gasteiger partial charge in [0.05, 0.1) is 20.3 Å². The lowest BCUT2D eigenvalue weighted by molar-refractivity contribution is 0.397. The number of ether oxygens (including phenoxy) is 2. The van der Waals surface area contributed by atoms with E-state index in [9.17, 15) is 0 Å². The van der Waals surface area contributed by atoms with Crippen LogP contribution in [0.3, 0.4) is 0 Å². The van der Waals surface area contributed by atoms with Crippen molar-refractivity contribution in [2.75, 3.05) is 14.2 Å². The molecule has 1 atom stereocenters. The smallest absolute Gasteiger partial charge is 0.142 e. The van der Waals surface area contributed by atoms with Crippen molar-refractivity contribution in [1.82, 2.24) is 4.98 Å². The van der Waals surface area contributed by atoms with Gasteiger partial charge >= 0.3 is 0 Å². The molecule has 0 aliphatic carbocycles. The molecule has 1 heterocycles. The second-order valence-electron chi connectivity index (χ2n) is 3.95. The van der Waals surface area contributed by atoms with E-state index < -0.39 is 6.04 Å². The summed E-state index contributed by atoms with van der Waals surface area (Å²) in [5.74, 6) is 1.31. The van der Waals surface area contributed by atoms with Crippen molar-refractivity contribution in [2.45, 2.75) is 6.04 Å². The summed E-state index contributed by atoms with van der Waals surface area (Å²) in [7, 11) is 3.18. The molecule has 0 radical (unpaired) electrons. The van der Waals surface area contributed by atoms with Gasteiger partial charge < -0.3 is 15.2 Å². The molecule has 0 bridgehead atoms. The molecule has 1 aromatic carbocycles. The van der Waals surface area contributed by atoms with Crippen molar-refractivity contribution in [3.63, 3.8) is 0 Å². The maximum absolute atomic E-state index is 6.26. The SMILES string of the molecule is COc1ccc(Cl)cc1C(N)c1ncccc1OC. The van der Waals surface area contributed by atoms with Crippen LogP contribution in [0.1, 0.15) is 17.3 Å². The zero-order valence-corrected chi connectivity index (χ0v) is 11.5. The highest BCUT2D eigenvalue weighted by molar-refractivity contribution is 6.30. The molecule has 0 aliphatic heterocycles. The summed E-state index contributed by atoms with van der Waals surface area (Å²) in [4.78, 5) is 4.28. The lowest BCUT2D eigenvalue weighted by atomic mass is 10.0. The van der Waals surface area contributed by atoms with Gasteiger partial charge in [-0.05, 0) is 30.3 Å². The number of halogens is 1. The summed E-state index contributed by atoms with van der Waals surface area (Å²) in [5, 5.41) is 0.598. The van der Waals surface area contributed by atoms with Crippen molar-refractivity contribution in [1.29, 1.82) is 0 Å². The first-order valence-electron chi connectivity index (χ1n) is 5.75. The predicted octanol–water partition coefficient (Wildman–Crippen LogP) is 2.80. The minimum absolute atomic E-state index is 0.468. The fourth-order valence-electron chi connectivity index (χ4n) is 1.90. The molecule has 2 rings (SSSR count). The van der Waals surface area contributed by atoms with Crippen molar-refractivity contribution in [3.8, 4) is 11.5 Å². The molecule has 0 spiro atoms. The summed E-state index contributed by atoms with van der Waals surface area (Å²) < 4.78 is 10.6. The second kappa shape index (κ2) is 5.91.